The monoisotopic (exact) mass is 288 g/mol. The molecule has 4 nitrogen and oxygen atoms in total. The summed E-state index contributed by atoms with van der Waals surface area (Å²) in [4.78, 5) is 4.69. The Hall–Kier alpha value is -1.54. The van der Waals surface area contributed by atoms with Crippen molar-refractivity contribution >= 4 is 11.8 Å². The van der Waals surface area contributed by atoms with Crippen LogP contribution in [0.4, 0.5) is 13.2 Å². The summed E-state index contributed by atoms with van der Waals surface area (Å²) in [7, 11) is 0. The lowest BCUT2D eigenvalue weighted by Gasteiger charge is -2.12. The molecule has 0 atom stereocenters. The van der Waals surface area contributed by atoms with Crippen LogP contribution >= 0.6 is 11.8 Å². The second-order valence-electron chi connectivity index (χ2n) is 3.83. The van der Waals surface area contributed by atoms with Gasteiger partial charge in [-0.05, 0) is 42.4 Å². The molecule has 19 heavy (non-hydrogen) atoms. The first-order valence-corrected chi connectivity index (χ1v) is 6.19. The summed E-state index contributed by atoms with van der Waals surface area (Å²) in [6, 6.07) is 3.83. The van der Waals surface area contributed by atoms with Gasteiger partial charge in [-0.1, -0.05) is 0 Å². The molecule has 0 unspecified atom stereocenters. The van der Waals surface area contributed by atoms with Crippen LogP contribution in [0.15, 0.2) is 28.3 Å². The first-order chi connectivity index (χ1) is 8.90. The Balaban J connectivity index is 2.29. The van der Waals surface area contributed by atoms with E-state index in [0.29, 0.717) is 15.9 Å². The van der Waals surface area contributed by atoms with Gasteiger partial charge < -0.3 is 5.73 Å². The molecule has 3 N–H and O–H groups in total. The number of nitrogens with two attached hydrogens (primary N) is 1. The summed E-state index contributed by atoms with van der Waals surface area (Å²) in [5.74, 6) is 0.647. The van der Waals surface area contributed by atoms with Gasteiger partial charge in [0.2, 0.25) is 5.16 Å². The number of halogens is 3. The molecule has 0 radical (unpaired) electrons. The van der Waals surface area contributed by atoms with E-state index in [-0.39, 0.29) is 12.1 Å². The van der Waals surface area contributed by atoms with Crippen LogP contribution in [-0.4, -0.2) is 15.2 Å². The number of hydrogen-bond acceptors (Lipinski definition) is 4. The third-order valence-corrected chi connectivity index (χ3v) is 3.24. The van der Waals surface area contributed by atoms with E-state index in [4.69, 9.17) is 5.73 Å². The highest BCUT2D eigenvalue weighted by Gasteiger charge is 2.32. The highest BCUT2D eigenvalue weighted by Crippen LogP contribution is 2.35. The Morgan fingerprint density at radius 3 is 2.63 bits per heavy atom. The van der Waals surface area contributed by atoms with E-state index in [2.05, 4.69) is 15.2 Å². The fourth-order valence-electron chi connectivity index (χ4n) is 1.55. The molecule has 1 aromatic carbocycles. The quantitative estimate of drug-likeness (QED) is 0.911. The lowest BCUT2D eigenvalue weighted by Crippen LogP contribution is -2.11. The summed E-state index contributed by atoms with van der Waals surface area (Å²) < 4.78 is 38.1. The van der Waals surface area contributed by atoms with Gasteiger partial charge in [-0.2, -0.15) is 13.2 Å². The molecule has 2 aromatic rings. The van der Waals surface area contributed by atoms with Crippen LogP contribution in [0.2, 0.25) is 0 Å². The Morgan fingerprint density at radius 2 is 2.11 bits per heavy atom. The molecule has 0 aliphatic heterocycles. The summed E-state index contributed by atoms with van der Waals surface area (Å²) in [5.41, 5.74) is 4.72. The minimum absolute atomic E-state index is 0.0600. The molecular formula is C11H11F3N4S. The Bertz CT molecular complexity index is 580. The first kappa shape index (κ1) is 13.9. The molecule has 102 valence electrons. The highest BCUT2D eigenvalue weighted by molar-refractivity contribution is 7.99. The Kier molecular flexibility index (Phi) is 3.81. The topological polar surface area (TPSA) is 67.6 Å². The van der Waals surface area contributed by atoms with Crippen molar-refractivity contribution in [3.8, 4) is 0 Å². The van der Waals surface area contributed by atoms with Crippen LogP contribution in [0.25, 0.3) is 0 Å². The zero-order valence-electron chi connectivity index (χ0n) is 9.95. The van der Waals surface area contributed by atoms with Crippen LogP contribution in [0.3, 0.4) is 0 Å². The third-order valence-electron chi connectivity index (χ3n) is 2.39. The summed E-state index contributed by atoms with van der Waals surface area (Å²) in [5, 5.41) is 7.04. The van der Waals surface area contributed by atoms with Crippen molar-refractivity contribution in [2.24, 2.45) is 5.73 Å². The van der Waals surface area contributed by atoms with E-state index >= 15 is 0 Å². The molecule has 8 heteroatoms. The number of aromatic nitrogens is 3. The number of nitrogens with one attached hydrogen (secondary N) is 1. The number of rotatable bonds is 3. The van der Waals surface area contributed by atoms with Gasteiger partial charge in [0.15, 0.2) is 0 Å². The second-order valence-corrected chi connectivity index (χ2v) is 4.87. The molecule has 0 saturated heterocycles. The molecule has 0 bridgehead atoms. The number of alkyl halides is 3. The van der Waals surface area contributed by atoms with Gasteiger partial charge in [-0.3, -0.25) is 5.10 Å². The average molecular weight is 288 g/mol. The number of hydrogen-bond donors (Lipinski definition) is 2. The molecule has 1 heterocycles. The molecule has 0 fully saturated rings. The number of H-pyrrole nitrogens is 1. The second kappa shape index (κ2) is 5.22. The summed E-state index contributed by atoms with van der Waals surface area (Å²) in [6.45, 7) is 1.57. The molecule has 0 aliphatic carbocycles. The number of benzene rings is 1. The average Bonchev–Trinajstić information content (AvgIpc) is 2.73. The lowest BCUT2D eigenvalue weighted by atomic mass is 10.1. The lowest BCUT2D eigenvalue weighted by molar-refractivity contribution is -0.138. The molecular weight excluding hydrogens is 277 g/mol. The van der Waals surface area contributed by atoms with Crippen molar-refractivity contribution in [1.29, 1.82) is 0 Å². The number of aryl methyl sites for hydroxylation is 1. The van der Waals surface area contributed by atoms with Crippen molar-refractivity contribution in [2.75, 3.05) is 0 Å². The van der Waals surface area contributed by atoms with Crippen LogP contribution < -0.4 is 5.73 Å². The molecule has 0 spiro atoms. The van der Waals surface area contributed by atoms with Crippen LogP contribution in [-0.2, 0) is 12.7 Å². The maximum absolute atomic E-state index is 12.7. The predicted octanol–water partition coefficient (Wildman–Crippen LogP) is 2.74. The summed E-state index contributed by atoms with van der Waals surface area (Å²) >= 11 is 1.18. The van der Waals surface area contributed by atoms with E-state index < -0.39 is 11.7 Å². The van der Waals surface area contributed by atoms with Gasteiger partial charge >= 0.3 is 6.18 Å². The zero-order valence-corrected chi connectivity index (χ0v) is 10.8. The standard InChI is InChI=1S/C11H11F3N4S/c1-6-16-10(18-17-6)19-8-2-3-9(11(12,13)14)7(4-8)5-15/h2-4H,5,15H2,1H3,(H,16,17,18). The molecule has 0 aliphatic rings. The minimum Gasteiger partial charge on any atom is -0.326 e. The fourth-order valence-corrected chi connectivity index (χ4v) is 2.37. The van der Waals surface area contributed by atoms with E-state index in [1.165, 1.54) is 23.9 Å². The fraction of sp³-hybridized carbons (Fsp3) is 0.273. The van der Waals surface area contributed by atoms with E-state index in [1.54, 1.807) is 6.92 Å². The normalized spacial score (nSPS) is 11.8. The molecule has 1 aromatic heterocycles. The van der Waals surface area contributed by atoms with E-state index in [0.717, 1.165) is 6.07 Å². The molecule has 2 rings (SSSR count). The SMILES string of the molecule is Cc1nc(Sc2ccc(C(F)(F)F)c(CN)c2)n[nH]1. The van der Waals surface area contributed by atoms with Crippen molar-refractivity contribution in [1.82, 2.24) is 15.2 Å². The van der Waals surface area contributed by atoms with Crippen LogP contribution in [0.1, 0.15) is 17.0 Å². The van der Waals surface area contributed by atoms with Gasteiger partial charge in [0.05, 0.1) is 5.56 Å². The third kappa shape index (κ3) is 3.27. The van der Waals surface area contributed by atoms with Crippen molar-refractivity contribution < 1.29 is 13.2 Å². The highest BCUT2D eigenvalue weighted by atomic mass is 32.2. The predicted molar refractivity (Wildman–Crippen MR) is 64.6 cm³/mol. The van der Waals surface area contributed by atoms with Crippen molar-refractivity contribution in [2.45, 2.75) is 29.7 Å². The van der Waals surface area contributed by atoms with Gasteiger partial charge in [0.1, 0.15) is 5.82 Å². The maximum atomic E-state index is 12.7. The Morgan fingerprint density at radius 1 is 1.37 bits per heavy atom. The minimum atomic E-state index is -4.39. The van der Waals surface area contributed by atoms with E-state index in [9.17, 15) is 13.2 Å². The first-order valence-electron chi connectivity index (χ1n) is 5.37. The maximum Gasteiger partial charge on any atom is 0.416 e. The number of aromatic amines is 1. The smallest absolute Gasteiger partial charge is 0.326 e. The van der Waals surface area contributed by atoms with Gasteiger partial charge in [-0.25, -0.2) is 4.98 Å². The number of nitrogens with zero attached hydrogens (tertiary/aromatic N) is 2. The molecule has 0 amide bonds. The van der Waals surface area contributed by atoms with Crippen LogP contribution in [0, 0.1) is 6.92 Å². The Labute approximate surface area is 111 Å². The van der Waals surface area contributed by atoms with Crippen molar-refractivity contribution in [3.63, 3.8) is 0 Å². The largest absolute Gasteiger partial charge is 0.416 e. The van der Waals surface area contributed by atoms with Gasteiger partial charge in [0.25, 0.3) is 0 Å². The van der Waals surface area contributed by atoms with Gasteiger partial charge in [-0.15, -0.1) is 5.10 Å². The van der Waals surface area contributed by atoms with E-state index in [1.807, 2.05) is 0 Å². The zero-order chi connectivity index (χ0) is 14.0. The van der Waals surface area contributed by atoms with Crippen LogP contribution in [0.5, 0.6) is 0 Å². The molecule has 0 saturated carbocycles. The van der Waals surface area contributed by atoms with Crippen molar-refractivity contribution in [3.05, 3.63) is 35.2 Å². The summed E-state index contributed by atoms with van der Waals surface area (Å²) in [6.07, 6.45) is -4.39. The van der Waals surface area contributed by atoms with Gasteiger partial charge in [0, 0.05) is 11.4 Å².